The van der Waals surface area contributed by atoms with Gasteiger partial charge in [-0.2, -0.15) is 0 Å². The van der Waals surface area contributed by atoms with Crippen molar-refractivity contribution in [2.24, 2.45) is 5.73 Å². The van der Waals surface area contributed by atoms with Crippen LogP contribution < -0.4 is 10.5 Å². The lowest BCUT2D eigenvalue weighted by Gasteiger charge is -2.22. The summed E-state index contributed by atoms with van der Waals surface area (Å²) in [6.07, 6.45) is 0. The zero-order valence-electron chi connectivity index (χ0n) is 9.09. The van der Waals surface area contributed by atoms with E-state index in [-0.39, 0.29) is 5.75 Å². The van der Waals surface area contributed by atoms with Crippen molar-refractivity contribution in [3.63, 3.8) is 0 Å². The van der Waals surface area contributed by atoms with Gasteiger partial charge < -0.3 is 15.6 Å². The van der Waals surface area contributed by atoms with Crippen molar-refractivity contribution in [2.45, 2.75) is 26.3 Å². The van der Waals surface area contributed by atoms with Gasteiger partial charge in [0.1, 0.15) is 11.5 Å². The minimum absolute atomic E-state index is 0.249. The highest BCUT2D eigenvalue weighted by molar-refractivity contribution is 5.47. The molecule has 0 saturated carbocycles. The van der Waals surface area contributed by atoms with E-state index >= 15 is 0 Å². The topological polar surface area (TPSA) is 55.5 Å². The maximum absolute atomic E-state index is 9.57. The third kappa shape index (κ3) is 1.99. The van der Waals surface area contributed by atoms with Crippen molar-refractivity contribution < 1.29 is 9.84 Å². The van der Waals surface area contributed by atoms with E-state index in [1.165, 1.54) is 0 Å². The molecule has 0 aliphatic rings. The summed E-state index contributed by atoms with van der Waals surface area (Å²) in [6, 6.07) is 3.45. The molecule has 0 aliphatic heterocycles. The lowest BCUT2D eigenvalue weighted by Crippen LogP contribution is -2.29. The molecule has 0 heterocycles. The molecule has 3 heteroatoms. The predicted molar refractivity (Wildman–Crippen MR) is 56.6 cm³/mol. The molecule has 0 aliphatic carbocycles. The molecule has 1 aromatic rings. The molecule has 0 atom stereocenters. The number of hydrogen-bond acceptors (Lipinski definition) is 3. The normalized spacial score (nSPS) is 11.5. The van der Waals surface area contributed by atoms with Crippen LogP contribution in [0.3, 0.4) is 0 Å². The molecule has 3 nitrogen and oxygen atoms in total. The van der Waals surface area contributed by atoms with E-state index in [9.17, 15) is 5.11 Å². The standard InChI is InChI=1S/C11H17NO2/c1-7-5-10(14-4)8(6-9(7)13)11(2,3)12/h5-6,13H,12H2,1-4H3. The summed E-state index contributed by atoms with van der Waals surface area (Å²) in [5, 5.41) is 9.57. The summed E-state index contributed by atoms with van der Waals surface area (Å²) in [7, 11) is 1.60. The quantitative estimate of drug-likeness (QED) is 0.757. The van der Waals surface area contributed by atoms with E-state index in [1.807, 2.05) is 20.8 Å². The second-order valence-corrected chi connectivity index (χ2v) is 4.06. The number of benzene rings is 1. The van der Waals surface area contributed by atoms with Crippen molar-refractivity contribution in [1.29, 1.82) is 0 Å². The molecule has 1 rings (SSSR count). The van der Waals surface area contributed by atoms with Crippen LogP contribution in [0.4, 0.5) is 0 Å². The van der Waals surface area contributed by atoms with Gasteiger partial charge in [-0.05, 0) is 38.5 Å². The van der Waals surface area contributed by atoms with Crippen LogP contribution in [0.25, 0.3) is 0 Å². The summed E-state index contributed by atoms with van der Waals surface area (Å²) in [5.74, 6) is 0.965. The molecule has 0 aromatic heterocycles. The Bertz CT molecular complexity index is 340. The first-order valence-corrected chi connectivity index (χ1v) is 4.53. The number of nitrogens with two attached hydrogens (primary N) is 1. The summed E-state index contributed by atoms with van der Waals surface area (Å²) >= 11 is 0. The number of aryl methyl sites for hydroxylation is 1. The highest BCUT2D eigenvalue weighted by Gasteiger charge is 2.20. The molecule has 0 fully saturated rings. The van der Waals surface area contributed by atoms with E-state index in [0.29, 0.717) is 5.75 Å². The van der Waals surface area contributed by atoms with Crippen molar-refractivity contribution in [1.82, 2.24) is 0 Å². The molecule has 0 radical (unpaired) electrons. The van der Waals surface area contributed by atoms with Crippen LogP contribution in [0.2, 0.25) is 0 Å². The molecule has 0 amide bonds. The summed E-state index contributed by atoms with van der Waals surface area (Å²) in [6.45, 7) is 5.57. The lowest BCUT2D eigenvalue weighted by molar-refractivity contribution is 0.390. The Morgan fingerprint density at radius 1 is 1.36 bits per heavy atom. The average Bonchev–Trinajstić information content (AvgIpc) is 2.07. The molecular weight excluding hydrogens is 178 g/mol. The van der Waals surface area contributed by atoms with Gasteiger partial charge in [0.05, 0.1) is 7.11 Å². The van der Waals surface area contributed by atoms with Crippen LogP contribution in [0.15, 0.2) is 12.1 Å². The van der Waals surface area contributed by atoms with E-state index in [0.717, 1.165) is 11.1 Å². The number of ether oxygens (including phenoxy) is 1. The first-order chi connectivity index (χ1) is 6.36. The minimum atomic E-state index is -0.517. The first kappa shape index (κ1) is 10.9. The van der Waals surface area contributed by atoms with Gasteiger partial charge in [0, 0.05) is 11.1 Å². The molecule has 14 heavy (non-hydrogen) atoms. The minimum Gasteiger partial charge on any atom is -0.508 e. The Labute approximate surface area is 84.5 Å². The fourth-order valence-electron chi connectivity index (χ4n) is 1.34. The fourth-order valence-corrected chi connectivity index (χ4v) is 1.34. The van der Waals surface area contributed by atoms with E-state index in [4.69, 9.17) is 10.5 Å². The van der Waals surface area contributed by atoms with Crippen LogP contribution in [-0.2, 0) is 5.54 Å². The second-order valence-electron chi connectivity index (χ2n) is 4.06. The smallest absolute Gasteiger partial charge is 0.124 e. The summed E-state index contributed by atoms with van der Waals surface area (Å²) in [4.78, 5) is 0. The van der Waals surface area contributed by atoms with Gasteiger partial charge in [-0.25, -0.2) is 0 Å². The zero-order valence-corrected chi connectivity index (χ0v) is 9.09. The number of phenolic OH excluding ortho intramolecular Hbond substituents is 1. The van der Waals surface area contributed by atoms with Crippen molar-refractivity contribution in [2.75, 3.05) is 7.11 Å². The Hall–Kier alpha value is -1.22. The molecule has 0 spiro atoms. The number of phenols is 1. The number of aromatic hydroxyl groups is 1. The second kappa shape index (κ2) is 3.50. The van der Waals surface area contributed by atoms with Crippen molar-refractivity contribution in [3.8, 4) is 11.5 Å². The van der Waals surface area contributed by atoms with Gasteiger partial charge >= 0.3 is 0 Å². The highest BCUT2D eigenvalue weighted by Crippen LogP contribution is 2.33. The molecule has 3 N–H and O–H groups in total. The molecule has 78 valence electrons. The van der Waals surface area contributed by atoms with Crippen molar-refractivity contribution in [3.05, 3.63) is 23.3 Å². The van der Waals surface area contributed by atoms with Gasteiger partial charge in [0.15, 0.2) is 0 Å². The zero-order chi connectivity index (χ0) is 10.9. The average molecular weight is 195 g/mol. The lowest BCUT2D eigenvalue weighted by atomic mass is 9.93. The molecule has 0 saturated heterocycles. The number of hydrogen-bond donors (Lipinski definition) is 2. The van der Waals surface area contributed by atoms with Crippen molar-refractivity contribution >= 4 is 0 Å². The maximum Gasteiger partial charge on any atom is 0.124 e. The number of rotatable bonds is 2. The molecule has 0 bridgehead atoms. The largest absolute Gasteiger partial charge is 0.508 e. The van der Waals surface area contributed by atoms with E-state index in [1.54, 1.807) is 19.2 Å². The highest BCUT2D eigenvalue weighted by atomic mass is 16.5. The van der Waals surface area contributed by atoms with Crippen LogP contribution in [-0.4, -0.2) is 12.2 Å². The van der Waals surface area contributed by atoms with Crippen LogP contribution in [0.1, 0.15) is 25.0 Å². The summed E-state index contributed by atoms with van der Waals surface area (Å²) < 4.78 is 5.22. The van der Waals surface area contributed by atoms with Gasteiger partial charge in [-0.15, -0.1) is 0 Å². The first-order valence-electron chi connectivity index (χ1n) is 4.53. The Kier molecular flexibility index (Phi) is 2.71. The maximum atomic E-state index is 9.57. The van der Waals surface area contributed by atoms with Gasteiger partial charge in [-0.1, -0.05) is 0 Å². The Morgan fingerprint density at radius 2 is 1.93 bits per heavy atom. The van der Waals surface area contributed by atoms with E-state index in [2.05, 4.69) is 0 Å². The molecular formula is C11H17NO2. The SMILES string of the molecule is COc1cc(C)c(O)cc1C(C)(C)N. The monoisotopic (exact) mass is 195 g/mol. The van der Waals surface area contributed by atoms with Crippen LogP contribution in [0.5, 0.6) is 11.5 Å². The molecule has 0 unspecified atom stereocenters. The Balaban J connectivity index is 3.35. The van der Waals surface area contributed by atoms with Gasteiger partial charge in [0.2, 0.25) is 0 Å². The third-order valence-corrected chi connectivity index (χ3v) is 2.21. The third-order valence-electron chi connectivity index (χ3n) is 2.21. The Morgan fingerprint density at radius 3 is 2.36 bits per heavy atom. The number of methoxy groups -OCH3 is 1. The van der Waals surface area contributed by atoms with Gasteiger partial charge in [0.25, 0.3) is 0 Å². The van der Waals surface area contributed by atoms with Crippen LogP contribution in [0, 0.1) is 6.92 Å². The summed E-state index contributed by atoms with van der Waals surface area (Å²) in [5.41, 5.74) is 7.04. The van der Waals surface area contributed by atoms with Gasteiger partial charge in [-0.3, -0.25) is 0 Å². The fraction of sp³-hybridized carbons (Fsp3) is 0.455. The van der Waals surface area contributed by atoms with Crippen LogP contribution >= 0.6 is 0 Å². The predicted octanol–water partition coefficient (Wildman–Crippen LogP) is 1.90. The van der Waals surface area contributed by atoms with E-state index < -0.39 is 5.54 Å². The molecule has 1 aromatic carbocycles.